The van der Waals surface area contributed by atoms with Crippen LogP contribution in [0.2, 0.25) is 0 Å². The zero-order chi connectivity index (χ0) is 18.0. The number of aliphatic hydroxyl groups excluding tert-OH is 1. The minimum absolute atomic E-state index is 0.0895. The maximum absolute atomic E-state index is 9.59. The standard InChI is InChI=1S/C22H27NO2/c1-14-9-17-7-8-23-22(21(17)12-18(14)13-24)6-5-20-15(2)10-19(25-4)11-16(20)3/h5-6,9-12,22-24H,7-8,13H2,1-4H3/b6-5+. The topological polar surface area (TPSA) is 41.5 Å². The van der Waals surface area contributed by atoms with Crippen LogP contribution in [0.5, 0.6) is 5.75 Å². The number of aryl methyl sites for hydroxylation is 3. The van der Waals surface area contributed by atoms with Crippen molar-refractivity contribution >= 4 is 6.08 Å². The quantitative estimate of drug-likeness (QED) is 0.886. The fraction of sp³-hybridized carbons (Fsp3) is 0.364. The number of methoxy groups -OCH3 is 1. The van der Waals surface area contributed by atoms with E-state index in [1.54, 1.807) is 7.11 Å². The van der Waals surface area contributed by atoms with Crippen LogP contribution < -0.4 is 10.1 Å². The first kappa shape index (κ1) is 17.7. The van der Waals surface area contributed by atoms with Gasteiger partial charge in [0, 0.05) is 6.54 Å². The molecule has 132 valence electrons. The Morgan fingerprint density at radius 2 is 1.84 bits per heavy atom. The van der Waals surface area contributed by atoms with E-state index in [4.69, 9.17) is 4.74 Å². The second-order valence-electron chi connectivity index (χ2n) is 6.85. The third kappa shape index (κ3) is 3.63. The first-order chi connectivity index (χ1) is 12.0. The lowest BCUT2D eigenvalue weighted by Gasteiger charge is -2.26. The molecule has 1 heterocycles. The van der Waals surface area contributed by atoms with Gasteiger partial charge in [-0.3, -0.25) is 0 Å². The van der Waals surface area contributed by atoms with Crippen LogP contribution in [-0.4, -0.2) is 18.8 Å². The van der Waals surface area contributed by atoms with Crippen LogP contribution in [0.15, 0.2) is 30.3 Å². The van der Waals surface area contributed by atoms with Gasteiger partial charge in [-0.15, -0.1) is 0 Å². The second kappa shape index (κ2) is 7.42. The zero-order valence-corrected chi connectivity index (χ0v) is 15.5. The highest BCUT2D eigenvalue weighted by molar-refractivity contribution is 5.61. The lowest BCUT2D eigenvalue weighted by molar-refractivity contribution is 0.280. The maximum atomic E-state index is 9.59. The monoisotopic (exact) mass is 337 g/mol. The molecular formula is C22H27NO2. The fourth-order valence-electron chi connectivity index (χ4n) is 3.66. The van der Waals surface area contributed by atoms with E-state index >= 15 is 0 Å². The molecule has 0 fully saturated rings. The third-order valence-electron chi connectivity index (χ3n) is 5.12. The molecule has 3 nitrogen and oxygen atoms in total. The molecule has 2 aromatic carbocycles. The summed E-state index contributed by atoms with van der Waals surface area (Å²) in [6, 6.07) is 8.70. The van der Waals surface area contributed by atoms with Gasteiger partial charge in [-0.2, -0.15) is 0 Å². The highest BCUT2D eigenvalue weighted by Gasteiger charge is 2.19. The van der Waals surface area contributed by atoms with Gasteiger partial charge in [0.1, 0.15) is 5.75 Å². The molecule has 0 spiro atoms. The normalized spacial score (nSPS) is 16.9. The number of ether oxygens (including phenoxy) is 1. The summed E-state index contributed by atoms with van der Waals surface area (Å²) in [7, 11) is 1.70. The van der Waals surface area contributed by atoms with Crippen molar-refractivity contribution in [3.63, 3.8) is 0 Å². The van der Waals surface area contributed by atoms with Crippen molar-refractivity contribution < 1.29 is 9.84 Å². The van der Waals surface area contributed by atoms with Crippen molar-refractivity contribution in [3.05, 3.63) is 69.3 Å². The van der Waals surface area contributed by atoms with Gasteiger partial charge < -0.3 is 15.2 Å². The summed E-state index contributed by atoms with van der Waals surface area (Å²) >= 11 is 0. The number of benzene rings is 2. The van der Waals surface area contributed by atoms with Crippen molar-refractivity contribution in [2.45, 2.75) is 39.8 Å². The molecule has 1 unspecified atom stereocenters. The lowest BCUT2D eigenvalue weighted by Crippen LogP contribution is -2.28. The van der Waals surface area contributed by atoms with Crippen molar-refractivity contribution in [1.29, 1.82) is 0 Å². The van der Waals surface area contributed by atoms with Crippen molar-refractivity contribution in [1.82, 2.24) is 5.32 Å². The molecule has 0 saturated heterocycles. The summed E-state index contributed by atoms with van der Waals surface area (Å²) in [5.41, 5.74) is 8.51. The number of fused-ring (bicyclic) bond motifs is 1. The Hall–Kier alpha value is -2.10. The lowest BCUT2D eigenvalue weighted by atomic mass is 9.89. The molecule has 25 heavy (non-hydrogen) atoms. The molecule has 1 aliphatic rings. The predicted octanol–water partition coefficient (Wildman–Crippen LogP) is 4.01. The molecule has 2 N–H and O–H groups in total. The second-order valence-corrected chi connectivity index (χ2v) is 6.85. The number of nitrogens with one attached hydrogen (secondary N) is 1. The van der Waals surface area contributed by atoms with Crippen LogP contribution in [0.1, 0.15) is 45.0 Å². The minimum Gasteiger partial charge on any atom is -0.497 e. The molecule has 0 bridgehead atoms. The van der Waals surface area contributed by atoms with Crippen LogP contribution in [-0.2, 0) is 13.0 Å². The Balaban J connectivity index is 1.94. The molecule has 0 radical (unpaired) electrons. The van der Waals surface area contributed by atoms with Gasteiger partial charge >= 0.3 is 0 Å². The Kier molecular flexibility index (Phi) is 5.26. The van der Waals surface area contributed by atoms with Crippen LogP contribution in [0.3, 0.4) is 0 Å². The zero-order valence-electron chi connectivity index (χ0n) is 15.5. The summed E-state index contributed by atoms with van der Waals surface area (Å²) in [6.45, 7) is 7.37. The first-order valence-corrected chi connectivity index (χ1v) is 8.83. The molecule has 0 saturated carbocycles. The van der Waals surface area contributed by atoms with E-state index in [1.807, 2.05) is 0 Å². The van der Waals surface area contributed by atoms with E-state index in [-0.39, 0.29) is 12.6 Å². The molecule has 0 aliphatic carbocycles. The number of hydrogen-bond donors (Lipinski definition) is 2. The van der Waals surface area contributed by atoms with Gasteiger partial charge in [-0.05, 0) is 78.3 Å². The molecule has 2 aromatic rings. The van der Waals surface area contributed by atoms with Crippen molar-refractivity contribution in [2.24, 2.45) is 0 Å². The number of hydrogen-bond acceptors (Lipinski definition) is 3. The van der Waals surface area contributed by atoms with Crippen LogP contribution in [0.25, 0.3) is 6.08 Å². The smallest absolute Gasteiger partial charge is 0.119 e. The minimum atomic E-state index is 0.0895. The van der Waals surface area contributed by atoms with Crippen molar-refractivity contribution in [3.8, 4) is 5.75 Å². The molecule has 1 aliphatic heterocycles. The van der Waals surface area contributed by atoms with E-state index in [2.05, 4.69) is 62.5 Å². The van der Waals surface area contributed by atoms with Gasteiger partial charge in [0.15, 0.2) is 0 Å². The van der Waals surface area contributed by atoms with E-state index in [9.17, 15) is 5.11 Å². The number of aliphatic hydroxyl groups is 1. The Morgan fingerprint density at radius 1 is 1.12 bits per heavy atom. The molecule has 3 rings (SSSR count). The largest absolute Gasteiger partial charge is 0.497 e. The molecule has 3 heteroatoms. The summed E-state index contributed by atoms with van der Waals surface area (Å²) < 4.78 is 5.35. The van der Waals surface area contributed by atoms with Gasteiger partial charge in [0.05, 0.1) is 19.8 Å². The highest BCUT2D eigenvalue weighted by atomic mass is 16.5. The third-order valence-corrected chi connectivity index (χ3v) is 5.12. The molecule has 0 amide bonds. The summed E-state index contributed by atoms with van der Waals surface area (Å²) in [5.74, 6) is 0.899. The molecular weight excluding hydrogens is 310 g/mol. The average molecular weight is 337 g/mol. The van der Waals surface area contributed by atoms with Crippen LogP contribution in [0.4, 0.5) is 0 Å². The first-order valence-electron chi connectivity index (χ1n) is 8.83. The van der Waals surface area contributed by atoms with Crippen LogP contribution >= 0.6 is 0 Å². The maximum Gasteiger partial charge on any atom is 0.119 e. The van der Waals surface area contributed by atoms with Crippen LogP contribution in [0, 0.1) is 20.8 Å². The SMILES string of the molecule is COc1cc(C)c(/C=C/C2NCCc3cc(C)c(CO)cc32)c(C)c1. The average Bonchev–Trinajstić information content (AvgIpc) is 2.60. The Bertz CT molecular complexity index is 785. The van der Waals surface area contributed by atoms with E-state index in [0.29, 0.717) is 0 Å². The summed E-state index contributed by atoms with van der Waals surface area (Å²) in [6.07, 6.45) is 5.47. The Labute approximate surface area is 150 Å². The Morgan fingerprint density at radius 3 is 2.48 bits per heavy atom. The predicted molar refractivity (Wildman–Crippen MR) is 103 cm³/mol. The van der Waals surface area contributed by atoms with Crippen molar-refractivity contribution in [2.75, 3.05) is 13.7 Å². The summed E-state index contributed by atoms with van der Waals surface area (Å²) in [5, 5.41) is 13.2. The van der Waals surface area contributed by atoms with Gasteiger partial charge in [-0.25, -0.2) is 0 Å². The fourth-order valence-corrected chi connectivity index (χ4v) is 3.66. The van der Waals surface area contributed by atoms with E-state index in [1.165, 1.54) is 33.4 Å². The van der Waals surface area contributed by atoms with Gasteiger partial charge in [0.25, 0.3) is 0 Å². The highest BCUT2D eigenvalue weighted by Crippen LogP contribution is 2.29. The molecule has 1 atom stereocenters. The van der Waals surface area contributed by atoms with E-state index < -0.39 is 0 Å². The van der Waals surface area contributed by atoms with Gasteiger partial charge in [-0.1, -0.05) is 24.3 Å². The molecule has 0 aromatic heterocycles. The van der Waals surface area contributed by atoms with E-state index in [0.717, 1.165) is 24.3 Å². The summed E-state index contributed by atoms with van der Waals surface area (Å²) in [4.78, 5) is 0. The number of rotatable bonds is 4. The van der Waals surface area contributed by atoms with Gasteiger partial charge in [0.2, 0.25) is 0 Å².